The molecular formula is C15H13N5OS. The Hall–Kier alpha value is -2.67. The fourth-order valence-corrected chi connectivity index (χ4v) is 2.54. The van der Waals surface area contributed by atoms with Gasteiger partial charge in [-0.3, -0.25) is 9.78 Å². The van der Waals surface area contributed by atoms with Crippen LogP contribution in [-0.4, -0.2) is 25.7 Å². The third kappa shape index (κ3) is 3.32. The van der Waals surface area contributed by atoms with Crippen LogP contribution in [0, 0.1) is 0 Å². The highest BCUT2D eigenvalue weighted by Gasteiger charge is 2.07. The Kier molecular flexibility index (Phi) is 4.15. The van der Waals surface area contributed by atoms with E-state index in [1.165, 1.54) is 18.0 Å². The van der Waals surface area contributed by atoms with Crippen LogP contribution in [0.15, 0.2) is 65.2 Å². The summed E-state index contributed by atoms with van der Waals surface area (Å²) in [6, 6.07) is 11.0. The van der Waals surface area contributed by atoms with Gasteiger partial charge in [-0.25, -0.2) is 0 Å². The van der Waals surface area contributed by atoms with Crippen LogP contribution in [0.25, 0.3) is 0 Å². The van der Waals surface area contributed by atoms with Gasteiger partial charge in [-0.15, -0.1) is 10.2 Å². The summed E-state index contributed by atoms with van der Waals surface area (Å²) in [4.78, 5) is 17.0. The van der Waals surface area contributed by atoms with Gasteiger partial charge in [0.25, 0.3) is 5.91 Å². The largest absolute Gasteiger partial charge is 0.322 e. The summed E-state index contributed by atoms with van der Waals surface area (Å²) < 4.78 is 1.85. The Morgan fingerprint density at radius 3 is 2.68 bits per heavy atom. The third-order valence-electron chi connectivity index (χ3n) is 2.91. The maximum Gasteiger partial charge on any atom is 0.257 e. The number of nitrogens with one attached hydrogen (secondary N) is 1. The standard InChI is InChI=1S/C15H13N5OS/c1-20-10-17-19-15(20)22-13-6-4-12(5-7-13)18-14(21)11-3-2-8-16-9-11/h2-10H,1H3,(H,18,21). The molecule has 3 aromatic rings. The van der Waals surface area contributed by atoms with Crippen molar-refractivity contribution in [1.82, 2.24) is 19.7 Å². The molecule has 0 radical (unpaired) electrons. The van der Waals surface area contributed by atoms with Crippen molar-refractivity contribution >= 4 is 23.4 Å². The first-order valence-corrected chi connectivity index (χ1v) is 7.37. The van der Waals surface area contributed by atoms with Crippen molar-refractivity contribution in [2.75, 3.05) is 5.32 Å². The van der Waals surface area contributed by atoms with E-state index in [2.05, 4.69) is 20.5 Å². The Balaban J connectivity index is 1.67. The minimum atomic E-state index is -0.179. The van der Waals surface area contributed by atoms with Gasteiger partial charge < -0.3 is 9.88 Å². The highest BCUT2D eigenvalue weighted by molar-refractivity contribution is 7.99. The number of hydrogen-bond donors (Lipinski definition) is 1. The predicted molar refractivity (Wildman–Crippen MR) is 83.8 cm³/mol. The number of amides is 1. The number of benzene rings is 1. The molecular weight excluding hydrogens is 298 g/mol. The lowest BCUT2D eigenvalue weighted by Crippen LogP contribution is -2.11. The van der Waals surface area contributed by atoms with E-state index in [0.717, 1.165) is 15.7 Å². The first kappa shape index (κ1) is 14.3. The molecule has 0 fully saturated rings. The van der Waals surface area contributed by atoms with Gasteiger partial charge in [0, 0.05) is 30.0 Å². The lowest BCUT2D eigenvalue weighted by Gasteiger charge is -2.06. The van der Waals surface area contributed by atoms with Gasteiger partial charge in [0.15, 0.2) is 5.16 Å². The highest BCUT2D eigenvalue weighted by Crippen LogP contribution is 2.26. The van der Waals surface area contributed by atoms with Crippen LogP contribution < -0.4 is 5.32 Å². The molecule has 0 aliphatic heterocycles. The summed E-state index contributed by atoms with van der Waals surface area (Å²) in [6.45, 7) is 0. The molecule has 0 aliphatic rings. The van der Waals surface area contributed by atoms with E-state index in [-0.39, 0.29) is 5.91 Å². The molecule has 0 saturated heterocycles. The fourth-order valence-electron chi connectivity index (χ4n) is 1.78. The van der Waals surface area contributed by atoms with E-state index in [1.54, 1.807) is 24.7 Å². The molecule has 0 saturated carbocycles. The molecule has 7 heteroatoms. The monoisotopic (exact) mass is 311 g/mol. The number of aryl methyl sites for hydroxylation is 1. The van der Waals surface area contributed by atoms with Crippen molar-refractivity contribution in [3.05, 3.63) is 60.7 Å². The maximum absolute atomic E-state index is 12.0. The predicted octanol–water partition coefficient (Wildman–Crippen LogP) is 2.61. The van der Waals surface area contributed by atoms with Crippen LogP contribution in [0.3, 0.4) is 0 Å². The molecule has 2 aromatic heterocycles. The number of anilines is 1. The summed E-state index contributed by atoms with van der Waals surface area (Å²) in [5.74, 6) is -0.179. The summed E-state index contributed by atoms with van der Waals surface area (Å²) in [5.41, 5.74) is 1.26. The van der Waals surface area contributed by atoms with E-state index in [9.17, 15) is 4.79 Å². The lowest BCUT2D eigenvalue weighted by atomic mass is 10.2. The fraction of sp³-hybridized carbons (Fsp3) is 0.0667. The SMILES string of the molecule is Cn1cnnc1Sc1ccc(NC(=O)c2cccnc2)cc1. The minimum absolute atomic E-state index is 0.179. The van der Waals surface area contributed by atoms with Crippen molar-refractivity contribution in [2.45, 2.75) is 10.1 Å². The molecule has 0 unspecified atom stereocenters. The Morgan fingerprint density at radius 2 is 2.05 bits per heavy atom. The first-order valence-electron chi connectivity index (χ1n) is 6.55. The van der Waals surface area contributed by atoms with Gasteiger partial charge in [0.1, 0.15) is 6.33 Å². The van der Waals surface area contributed by atoms with Crippen molar-refractivity contribution in [2.24, 2.45) is 7.05 Å². The smallest absolute Gasteiger partial charge is 0.257 e. The average Bonchev–Trinajstić information content (AvgIpc) is 2.95. The Bertz CT molecular complexity index is 770. The summed E-state index contributed by atoms with van der Waals surface area (Å²) >= 11 is 1.51. The van der Waals surface area contributed by atoms with Gasteiger partial charge in [-0.05, 0) is 48.2 Å². The number of carbonyl (C=O) groups excluding carboxylic acids is 1. The average molecular weight is 311 g/mol. The summed E-state index contributed by atoms with van der Waals surface area (Å²) in [6.07, 6.45) is 4.83. The molecule has 0 aliphatic carbocycles. The zero-order valence-electron chi connectivity index (χ0n) is 11.8. The summed E-state index contributed by atoms with van der Waals surface area (Å²) in [5, 5.41) is 11.5. The van der Waals surface area contributed by atoms with E-state index in [4.69, 9.17) is 0 Å². The quantitative estimate of drug-likeness (QED) is 0.802. The number of pyridine rings is 1. The Morgan fingerprint density at radius 1 is 1.23 bits per heavy atom. The lowest BCUT2D eigenvalue weighted by molar-refractivity contribution is 0.102. The molecule has 0 bridgehead atoms. The number of nitrogens with zero attached hydrogens (tertiary/aromatic N) is 4. The molecule has 110 valence electrons. The summed E-state index contributed by atoms with van der Waals surface area (Å²) in [7, 11) is 1.89. The Labute approximate surface area is 131 Å². The van der Waals surface area contributed by atoms with Crippen LogP contribution in [0.1, 0.15) is 10.4 Å². The van der Waals surface area contributed by atoms with Crippen LogP contribution >= 0.6 is 11.8 Å². The van der Waals surface area contributed by atoms with Crippen LogP contribution in [-0.2, 0) is 7.05 Å². The van der Waals surface area contributed by atoms with Gasteiger partial charge in [-0.1, -0.05) is 0 Å². The minimum Gasteiger partial charge on any atom is -0.322 e. The van der Waals surface area contributed by atoms with Gasteiger partial charge in [0.05, 0.1) is 5.56 Å². The normalized spacial score (nSPS) is 10.4. The number of hydrogen-bond acceptors (Lipinski definition) is 5. The van der Waals surface area contributed by atoms with Crippen LogP contribution in [0.4, 0.5) is 5.69 Å². The molecule has 3 rings (SSSR count). The van der Waals surface area contributed by atoms with Gasteiger partial charge in [-0.2, -0.15) is 0 Å². The molecule has 1 N–H and O–H groups in total. The molecule has 2 heterocycles. The second kappa shape index (κ2) is 6.40. The van der Waals surface area contributed by atoms with Gasteiger partial charge in [0.2, 0.25) is 0 Å². The van der Waals surface area contributed by atoms with E-state index in [0.29, 0.717) is 5.56 Å². The zero-order valence-corrected chi connectivity index (χ0v) is 12.6. The number of rotatable bonds is 4. The maximum atomic E-state index is 12.0. The van der Waals surface area contributed by atoms with Gasteiger partial charge >= 0.3 is 0 Å². The number of aromatic nitrogens is 4. The highest BCUT2D eigenvalue weighted by atomic mass is 32.2. The molecule has 6 nitrogen and oxygen atoms in total. The van der Waals surface area contributed by atoms with Crippen molar-refractivity contribution in [3.8, 4) is 0 Å². The van der Waals surface area contributed by atoms with Crippen molar-refractivity contribution < 1.29 is 4.79 Å². The van der Waals surface area contributed by atoms with Crippen LogP contribution in [0.5, 0.6) is 0 Å². The van der Waals surface area contributed by atoms with E-state index >= 15 is 0 Å². The van der Waals surface area contributed by atoms with Crippen molar-refractivity contribution in [3.63, 3.8) is 0 Å². The first-order chi connectivity index (χ1) is 10.7. The molecule has 1 amide bonds. The molecule has 0 spiro atoms. The molecule has 22 heavy (non-hydrogen) atoms. The van der Waals surface area contributed by atoms with E-state index in [1.807, 2.05) is 35.9 Å². The number of carbonyl (C=O) groups is 1. The molecule has 1 aromatic carbocycles. The van der Waals surface area contributed by atoms with Crippen molar-refractivity contribution in [1.29, 1.82) is 0 Å². The topological polar surface area (TPSA) is 72.7 Å². The molecule has 0 atom stereocenters. The second-order valence-corrected chi connectivity index (χ2v) is 5.59. The van der Waals surface area contributed by atoms with Crippen LogP contribution in [0.2, 0.25) is 0 Å². The third-order valence-corrected chi connectivity index (χ3v) is 3.97. The zero-order chi connectivity index (χ0) is 15.4. The second-order valence-electron chi connectivity index (χ2n) is 4.55. The van der Waals surface area contributed by atoms with E-state index < -0.39 is 0 Å².